The average Bonchev–Trinajstić information content (AvgIpc) is 3.73. The monoisotopic (exact) mass is 743 g/mol. The van der Waals surface area contributed by atoms with Gasteiger partial charge < -0.3 is 0 Å². The lowest BCUT2D eigenvalue weighted by Crippen LogP contribution is -2.00. The Morgan fingerprint density at radius 2 is 0.895 bits per heavy atom. The third kappa shape index (κ3) is 5.95. The van der Waals surface area contributed by atoms with Crippen molar-refractivity contribution in [2.75, 3.05) is 0 Å². The van der Waals surface area contributed by atoms with Gasteiger partial charge in [0.2, 0.25) is 0 Å². The summed E-state index contributed by atoms with van der Waals surface area (Å²) in [6.45, 7) is 0. The van der Waals surface area contributed by atoms with Crippen molar-refractivity contribution in [3.05, 3.63) is 200 Å². The van der Waals surface area contributed by atoms with Crippen molar-refractivity contribution in [3.8, 4) is 66.9 Å². The highest BCUT2D eigenvalue weighted by Crippen LogP contribution is 2.41. The summed E-state index contributed by atoms with van der Waals surface area (Å²) in [4.78, 5) is 16.6. The molecule has 266 valence electrons. The van der Waals surface area contributed by atoms with E-state index in [1.54, 1.807) is 11.3 Å². The first-order valence-electron chi connectivity index (χ1n) is 19.2. The minimum absolute atomic E-state index is 0.639. The molecule has 0 saturated heterocycles. The second kappa shape index (κ2) is 13.8. The van der Waals surface area contributed by atoms with Crippen LogP contribution in [0.1, 0.15) is 0 Å². The number of fused-ring (bicyclic) bond motifs is 5. The van der Waals surface area contributed by atoms with Gasteiger partial charge in [0.25, 0.3) is 0 Å². The summed E-state index contributed by atoms with van der Waals surface area (Å²) >= 11 is 1.71. The molecule has 0 radical (unpaired) electrons. The zero-order valence-electron chi connectivity index (χ0n) is 30.8. The summed E-state index contributed by atoms with van der Waals surface area (Å²) in [5, 5.41) is 8.69. The lowest BCUT2D eigenvalue weighted by molar-refractivity contribution is 1.08. The first-order valence-corrected chi connectivity index (χ1v) is 20.0. The Morgan fingerprint density at radius 3 is 1.72 bits per heavy atom. The van der Waals surface area contributed by atoms with Gasteiger partial charge in [-0.1, -0.05) is 170 Å². The van der Waals surface area contributed by atoms with E-state index in [1.165, 1.54) is 53.5 Å². The second-order valence-electron chi connectivity index (χ2n) is 14.4. The molecule has 11 rings (SSSR count). The van der Waals surface area contributed by atoms with Gasteiger partial charge in [-0.25, -0.2) is 15.0 Å². The Labute approximate surface area is 334 Å². The van der Waals surface area contributed by atoms with Gasteiger partial charge >= 0.3 is 0 Å². The van der Waals surface area contributed by atoms with Crippen LogP contribution in [0.25, 0.3) is 109 Å². The zero-order valence-corrected chi connectivity index (χ0v) is 31.6. The topological polar surface area (TPSA) is 38.7 Å². The minimum Gasteiger partial charge on any atom is -0.208 e. The van der Waals surface area contributed by atoms with Gasteiger partial charge in [-0.05, 0) is 101 Å². The van der Waals surface area contributed by atoms with Crippen molar-refractivity contribution in [2.24, 2.45) is 0 Å². The van der Waals surface area contributed by atoms with E-state index in [2.05, 4.69) is 194 Å². The van der Waals surface area contributed by atoms with Gasteiger partial charge in [-0.3, -0.25) is 0 Å². The Hall–Kier alpha value is -7.27. The molecular weight excluding hydrogens is 711 g/mol. The molecule has 0 amide bonds. The van der Waals surface area contributed by atoms with Crippen molar-refractivity contribution in [3.63, 3.8) is 0 Å². The standard InChI is InChI=1S/C53H33N3S/c1-2-14-34(15-3-1)42-23-9-10-26-46(42)52-54-51(55-53(56-52)49-33-39-18-6-11-27-48(39)57-49)41-22-13-20-37(31-41)36-19-12-21-40(30-36)50-44-25-8-5-17-38(44)32-47-43-24-7-4-16-35(43)28-29-45(47)50/h1-33H. The molecule has 2 heterocycles. The van der Waals surface area contributed by atoms with Crippen LogP contribution in [-0.2, 0) is 0 Å². The maximum absolute atomic E-state index is 5.21. The predicted octanol–water partition coefficient (Wildman–Crippen LogP) is 14.5. The molecule has 0 aliphatic heterocycles. The van der Waals surface area contributed by atoms with Crippen LogP contribution in [0, 0.1) is 0 Å². The molecule has 3 nitrogen and oxygen atoms in total. The van der Waals surface area contributed by atoms with Crippen LogP contribution in [0.15, 0.2) is 200 Å². The quantitative estimate of drug-likeness (QED) is 0.126. The van der Waals surface area contributed by atoms with Crippen molar-refractivity contribution < 1.29 is 0 Å². The molecule has 0 unspecified atom stereocenters. The van der Waals surface area contributed by atoms with Crippen LogP contribution in [-0.4, -0.2) is 15.0 Å². The van der Waals surface area contributed by atoms with Gasteiger partial charge in [0, 0.05) is 15.8 Å². The maximum Gasteiger partial charge on any atom is 0.174 e. The summed E-state index contributed by atoms with van der Waals surface area (Å²) in [5.41, 5.74) is 8.76. The molecule has 0 saturated carbocycles. The molecule has 2 aromatic heterocycles. The number of nitrogens with zero attached hydrogens (tertiary/aromatic N) is 3. The van der Waals surface area contributed by atoms with E-state index in [1.807, 2.05) is 6.07 Å². The van der Waals surface area contributed by atoms with Crippen LogP contribution in [0.5, 0.6) is 0 Å². The lowest BCUT2D eigenvalue weighted by Gasteiger charge is -2.15. The van der Waals surface area contributed by atoms with Crippen molar-refractivity contribution >= 4 is 53.7 Å². The Morgan fingerprint density at radius 1 is 0.298 bits per heavy atom. The molecule has 0 fully saturated rings. The van der Waals surface area contributed by atoms with E-state index in [0.29, 0.717) is 17.5 Å². The molecule has 0 aliphatic rings. The zero-order chi connectivity index (χ0) is 37.7. The fourth-order valence-electron chi connectivity index (χ4n) is 8.20. The van der Waals surface area contributed by atoms with E-state index in [0.717, 1.165) is 38.3 Å². The largest absolute Gasteiger partial charge is 0.208 e. The van der Waals surface area contributed by atoms with Gasteiger partial charge in [0.1, 0.15) is 0 Å². The van der Waals surface area contributed by atoms with Gasteiger partial charge in [-0.2, -0.15) is 0 Å². The third-order valence-corrected chi connectivity index (χ3v) is 12.0. The van der Waals surface area contributed by atoms with Crippen LogP contribution in [0.4, 0.5) is 0 Å². The lowest BCUT2D eigenvalue weighted by atomic mass is 9.89. The molecule has 4 heteroatoms. The first-order chi connectivity index (χ1) is 28.2. The number of aromatic nitrogens is 3. The molecule has 0 bridgehead atoms. The molecular formula is C53H33N3S. The highest BCUT2D eigenvalue weighted by molar-refractivity contribution is 7.22. The molecule has 57 heavy (non-hydrogen) atoms. The number of hydrogen-bond acceptors (Lipinski definition) is 4. The van der Waals surface area contributed by atoms with E-state index >= 15 is 0 Å². The SMILES string of the molecule is c1ccc(-c2ccccc2-c2nc(-c3cccc(-c4cccc(-c5c6ccccc6cc6c5ccc5ccccc56)c4)c3)nc(-c3cc4ccccc4s3)n2)cc1. The van der Waals surface area contributed by atoms with E-state index < -0.39 is 0 Å². The molecule has 0 aliphatic carbocycles. The maximum atomic E-state index is 5.21. The molecule has 0 atom stereocenters. The Kier molecular flexibility index (Phi) is 8.01. The highest BCUT2D eigenvalue weighted by atomic mass is 32.1. The summed E-state index contributed by atoms with van der Waals surface area (Å²) in [6.07, 6.45) is 0. The van der Waals surface area contributed by atoms with E-state index in [9.17, 15) is 0 Å². The van der Waals surface area contributed by atoms with Gasteiger partial charge in [-0.15, -0.1) is 11.3 Å². The highest BCUT2D eigenvalue weighted by Gasteiger charge is 2.18. The fraction of sp³-hybridized carbons (Fsp3) is 0. The minimum atomic E-state index is 0.639. The number of thiophene rings is 1. The van der Waals surface area contributed by atoms with Gasteiger partial charge in [0.15, 0.2) is 17.5 Å². The number of hydrogen-bond donors (Lipinski definition) is 0. The summed E-state index contributed by atoms with van der Waals surface area (Å²) < 4.78 is 1.20. The molecule has 11 aromatic rings. The second-order valence-corrected chi connectivity index (χ2v) is 15.5. The van der Waals surface area contributed by atoms with E-state index in [4.69, 9.17) is 15.0 Å². The first kappa shape index (κ1) is 33.1. The van der Waals surface area contributed by atoms with Crippen molar-refractivity contribution in [1.29, 1.82) is 0 Å². The van der Waals surface area contributed by atoms with E-state index in [-0.39, 0.29) is 0 Å². The average molecular weight is 744 g/mol. The normalized spacial score (nSPS) is 11.5. The van der Waals surface area contributed by atoms with Crippen molar-refractivity contribution in [1.82, 2.24) is 15.0 Å². The van der Waals surface area contributed by atoms with Crippen LogP contribution in [0.2, 0.25) is 0 Å². The molecule has 0 N–H and O–H groups in total. The number of benzene rings is 9. The summed E-state index contributed by atoms with van der Waals surface area (Å²) in [7, 11) is 0. The Bertz CT molecular complexity index is 3280. The summed E-state index contributed by atoms with van der Waals surface area (Å²) in [6, 6.07) is 71.3. The predicted molar refractivity (Wildman–Crippen MR) is 240 cm³/mol. The molecule has 9 aromatic carbocycles. The van der Waals surface area contributed by atoms with Crippen molar-refractivity contribution in [2.45, 2.75) is 0 Å². The Balaban J connectivity index is 1.07. The van der Waals surface area contributed by atoms with Crippen LogP contribution < -0.4 is 0 Å². The summed E-state index contributed by atoms with van der Waals surface area (Å²) in [5.74, 6) is 1.96. The third-order valence-electron chi connectivity index (χ3n) is 10.9. The van der Waals surface area contributed by atoms with Crippen LogP contribution in [0.3, 0.4) is 0 Å². The number of rotatable bonds is 6. The van der Waals surface area contributed by atoms with Gasteiger partial charge in [0.05, 0.1) is 4.88 Å². The molecule has 0 spiro atoms. The van der Waals surface area contributed by atoms with Crippen LogP contribution >= 0.6 is 11.3 Å². The fourth-order valence-corrected chi connectivity index (χ4v) is 9.20. The smallest absolute Gasteiger partial charge is 0.174 e.